The molecule has 1 fully saturated rings. The fourth-order valence-electron chi connectivity index (χ4n) is 2.75. The summed E-state index contributed by atoms with van der Waals surface area (Å²) in [5, 5.41) is 9.51. The van der Waals surface area contributed by atoms with Crippen molar-refractivity contribution in [3.8, 4) is 0 Å². The molecule has 1 aromatic carbocycles. The minimum atomic E-state index is -0.884. The molecular formula is C17H22N2O2. The highest BCUT2D eigenvalue weighted by Gasteiger charge is 2.34. The van der Waals surface area contributed by atoms with Crippen molar-refractivity contribution in [2.45, 2.75) is 52.5 Å². The summed E-state index contributed by atoms with van der Waals surface area (Å²) in [7, 11) is 0. The van der Waals surface area contributed by atoms with Crippen LogP contribution in [0.5, 0.6) is 0 Å². The first-order chi connectivity index (χ1) is 9.80. The summed E-state index contributed by atoms with van der Waals surface area (Å²) in [6.45, 7) is 8.71. The summed E-state index contributed by atoms with van der Waals surface area (Å²) < 4.78 is 2.18. The summed E-state index contributed by atoms with van der Waals surface area (Å²) in [4.78, 5) is 16.3. The van der Waals surface area contributed by atoms with Gasteiger partial charge in [0.25, 0.3) is 0 Å². The second kappa shape index (κ2) is 4.58. The molecule has 1 aromatic heterocycles. The Bertz CT molecular complexity index is 705. The number of para-hydroxylation sites is 1. The Morgan fingerprint density at radius 3 is 2.57 bits per heavy atom. The Labute approximate surface area is 124 Å². The molecule has 4 heteroatoms. The van der Waals surface area contributed by atoms with Crippen molar-refractivity contribution < 1.29 is 9.90 Å². The standard InChI is InChI=1S/C17H22N2O2/c1-10(17(2,3)4)19-14-12(16(20)21)6-5-7-13(14)18-15(19)11-8-9-11/h5-7,10-11H,8-9H2,1-4H3,(H,20,21). The first kappa shape index (κ1) is 14.1. The van der Waals surface area contributed by atoms with Crippen molar-refractivity contribution in [3.63, 3.8) is 0 Å². The second-order valence-electron chi connectivity index (χ2n) is 7.13. The third kappa shape index (κ3) is 2.33. The van der Waals surface area contributed by atoms with Crippen LogP contribution in [0.25, 0.3) is 11.0 Å². The molecule has 1 N–H and O–H groups in total. The van der Waals surface area contributed by atoms with Crippen LogP contribution in [0.4, 0.5) is 0 Å². The van der Waals surface area contributed by atoms with Gasteiger partial charge in [-0.05, 0) is 37.3 Å². The normalized spacial score (nSPS) is 17.1. The first-order valence-corrected chi connectivity index (χ1v) is 7.55. The summed E-state index contributed by atoms with van der Waals surface area (Å²) >= 11 is 0. The number of carbonyl (C=O) groups is 1. The molecule has 21 heavy (non-hydrogen) atoms. The van der Waals surface area contributed by atoms with E-state index < -0.39 is 5.97 Å². The predicted octanol–water partition coefficient (Wildman–Crippen LogP) is 4.22. The average molecular weight is 286 g/mol. The van der Waals surface area contributed by atoms with E-state index in [1.165, 1.54) is 0 Å². The van der Waals surface area contributed by atoms with Gasteiger partial charge in [-0.3, -0.25) is 0 Å². The molecule has 1 atom stereocenters. The number of carboxylic acids is 1. The zero-order chi connectivity index (χ0) is 15.4. The maximum Gasteiger partial charge on any atom is 0.337 e. The Morgan fingerprint density at radius 2 is 2.05 bits per heavy atom. The Kier molecular flexibility index (Phi) is 3.08. The SMILES string of the molecule is CC(n1c(C2CC2)nc2cccc(C(=O)O)c21)C(C)(C)C. The van der Waals surface area contributed by atoms with Gasteiger partial charge in [0.1, 0.15) is 5.82 Å². The van der Waals surface area contributed by atoms with E-state index in [0.29, 0.717) is 11.5 Å². The highest BCUT2D eigenvalue weighted by molar-refractivity contribution is 6.01. The van der Waals surface area contributed by atoms with Gasteiger partial charge in [-0.25, -0.2) is 9.78 Å². The summed E-state index contributed by atoms with van der Waals surface area (Å²) in [6, 6.07) is 5.56. The molecule has 1 saturated carbocycles. The molecule has 2 aromatic rings. The van der Waals surface area contributed by atoms with E-state index >= 15 is 0 Å². The van der Waals surface area contributed by atoms with Crippen molar-refractivity contribution >= 4 is 17.0 Å². The number of benzene rings is 1. The number of hydrogen-bond acceptors (Lipinski definition) is 2. The molecule has 3 rings (SSSR count). The summed E-state index contributed by atoms with van der Waals surface area (Å²) in [6.07, 6.45) is 2.31. The number of imidazole rings is 1. The Hall–Kier alpha value is -1.84. The van der Waals surface area contributed by atoms with E-state index in [2.05, 4.69) is 32.3 Å². The van der Waals surface area contributed by atoms with Gasteiger partial charge in [-0.2, -0.15) is 0 Å². The van der Waals surface area contributed by atoms with Gasteiger partial charge in [0.15, 0.2) is 0 Å². The molecule has 0 saturated heterocycles. The lowest BCUT2D eigenvalue weighted by Gasteiger charge is -2.30. The molecule has 1 aliphatic carbocycles. The lowest BCUT2D eigenvalue weighted by Crippen LogP contribution is -2.23. The summed E-state index contributed by atoms with van der Waals surface area (Å²) in [5.41, 5.74) is 1.97. The van der Waals surface area contributed by atoms with Crippen LogP contribution in [0.15, 0.2) is 18.2 Å². The number of aromatic nitrogens is 2. The molecule has 0 aliphatic heterocycles. The zero-order valence-corrected chi connectivity index (χ0v) is 13.1. The van der Waals surface area contributed by atoms with E-state index in [9.17, 15) is 9.90 Å². The van der Waals surface area contributed by atoms with Gasteiger partial charge in [0.05, 0.1) is 16.6 Å². The Balaban J connectivity index is 2.32. The van der Waals surface area contributed by atoms with E-state index in [1.54, 1.807) is 12.1 Å². The van der Waals surface area contributed by atoms with Crippen molar-refractivity contribution in [3.05, 3.63) is 29.6 Å². The van der Waals surface area contributed by atoms with E-state index in [1.807, 2.05) is 6.07 Å². The van der Waals surface area contributed by atoms with Crippen molar-refractivity contribution in [2.75, 3.05) is 0 Å². The summed E-state index contributed by atoms with van der Waals surface area (Å²) in [5.74, 6) is 0.662. The molecule has 0 bridgehead atoms. The zero-order valence-electron chi connectivity index (χ0n) is 13.1. The highest BCUT2D eigenvalue weighted by atomic mass is 16.4. The molecule has 1 heterocycles. The van der Waals surface area contributed by atoms with Gasteiger partial charge < -0.3 is 9.67 Å². The topological polar surface area (TPSA) is 55.1 Å². The average Bonchev–Trinajstić information content (AvgIpc) is 3.16. The van der Waals surface area contributed by atoms with Crippen molar-refractivity contribution in [1.82, 2.24) is 9.55 Å². The van der Waals surface area contributed by atoms with E-state index in [4.69, 9.17) is 4.98 Å². The fraction of sp³-hybridized carbons (Fsp3) is 0.529. The van der Waals surface area contributed by atoms with Gasteiger partial charge >= 0.3 is 5.97 Å². The number of carboxylic acid groups (broad SMARTS) is 1. The number of fused-ring (bicyclic) bond motifs is 1. The third-order valence-electron chi connectivity index (χ3n) is 4.55. The van der Waals surface area contributed by atoms with Gasteiger partial charge in [0.2, 0.25) is 0 Å². The number of aromatic carboxylic acids is 1. The largest absolute Gasteiger partial charge is 0.478 e. The van der Waals surface area contributed by atoms with E-state index in [-0.39, 0.29) is 11.5 Å². The van der Waals surface area contributed by atoms with Crippen LogP contribution < -0.4 is 0 Å². The van der Waals surface area contributed by atoms with E-state index in [0.717, 1.165) is 29.7 Å². The monoisotopic (exact) mass is 286 g/mol. The quantitative estimate of drug-likeness (QED) is 0.919. The number of rotatable bonds is 3. The Morgan fingerprint density at radius 1 is 1.38 bits per heavy atom. The molecule has 1 aliphatic rings. The maximum atomic E-state index is 11.6. The number of nitrogens with zero attached hydrogens (tertiary/aromatic N) is 2. The highest BCUT2D eigenvalue weighted by Crippen LogP contribution is 2.44. The van der Waals surface area contributed by atoms with Crippen LogP contribution in [-0.2, 0) is 0 Å². The number of hydrogen-bond donors (Lipinski definition) is 1. The molecular weight excluding hydrogens is 264 g/mol. The fourth-order valence-corrected chi connectivity index (χ4v) is 2.75. The second-order valence-corrected chi connectivity index (χ2v) is 7.13. The molecule has 0 amide bonds. The van der Waals surface area contributed by atoms with Crippen LogP contribution in [0.3, 0.4) is 0 Å². The van der Waals surface area contributed by atoms with Gasteiger partial charge in [-0.15, -0.1) is 0 Å². The lowest BCUT2D eigenvalue weighted by molar-refractivity contribution is 0.0698. The molecule has 0 spiro atoms. The van der Waals surface area contributed by atoms with Gasteiger partial charge in [0, 0.05) is 12.0 Å². The van der Waals surface area contributed by atoms with Crippen LogP contribution in [-0.4, -0.2) is 20.6 Å². The first-order valence-electron chi connectivity index (χ1n) is 7.55. The molecule has 4 nitrogen and oxygen atoms in total. The lowest BCUT2D eigenvalue weighted by atomic mass is 9.87. The third-order valence-corrected chi connectivity index (χ3v) is 4.55. The van der Waals surface area contributed by atoms with Gasteiger partial charge in [-0.1, -0.05) is 26.8 Å². The van der Waals surface area contributed by atoms with Crippen molar-refractivity contribution in [1.29, 1.82) is 0 Å². The van der Waals surface area contributed by atoms with Crippen LogP contribution in [0, 0.1) is 5.41 Å². The molecule has 1 unspecified atom stereocenters. The van der Waals surface area contributed by atoms with Crippen LogP contribution >= 0.6 is 0 Å². The smallest absolute Gasteiger partial charge is 0.337 e. The minimum Gasteiger partial charge on any atom is -0.478 e. The van der Waals surface area contributed by atoms with Crippen LogP contribution in [0.1, 0.15) is 68.7 Å². The molecule has 0 radical (unpaired) electrons. The maximum absolute atomic E-state index is 11.6. The minimum absolute atomic E-state index is 0.0445. The predicted molar refractivity (Wildman–Crippen MR) is 82.8 cm³/mol. The molecule has 112 valence electrons. The van der Waals surface area contributed by atoms with Crippen LogP contribution in [0.2, 0.25) is 0 Å². The van der Waals surface area contributed by atoms with Crippen molar-refractivity contribution in [2.24, 2.45) is 5.41 Å².